The first kappa shape index (κ1) is 53.8. The molecule has 3 aromatic heterocycles. The molecule has 1 nitrogen and oxygen atoms in total. The van der Waals surface area contributed by atoms with Crippen LogP contribution in [0.1, 0.15) is 135 Å². The van der Waals surface area contributed by atoms with E-state index in [1.54, 1.807) is 11.3 Å². The SMILES string of the molecule is C.C.C.C.CC.CCCC.Cc1cc(C)c(C)s1.Cc1ccc(C)c(C)c1.Cc1csc(C)c1C.Cc1nc(C)c(C)s1.[2HH]. The van der Waals surface area contributed by atoms with Crippen molar-refractivity contribution in [3.05, 3.63) is 93.2 Å². The monoisotopic (exact) mass is 655 g/mol. The van der Waals surface area contributed by atoms with Gasteiger partial charge in [0.2, 0.25) is 0 Å². The number of aromatic nitrogens is 1. The van der Waals surface area contributed by atoms with Gasteiger partial charge in [-0.1, -0.05) is 94.0 Å². The molecule has 0 aliphatic heterocycles. The van der Waals surface area contributed by atoms with Gasteiger partial charge in [0.25, 0.3) is 0 Å². The van der Waals surface area contributed by atoms with Gasteiger partial charge in [0.15, 0.2) is 0 Å². The van der Waals surface area contributed by atoms with Crippen LogP contribution >= 0.6 is 34.0 Å². The molecule has 0 spiro atoms. The maximum Gasteiger partial charge on any atom is 0.0899 e. The Morgan fingerprint density at radius 1 is 0.581 bits per heavy atom. The van der Waals surface area contributed by atoms with Gasteiger partial charge in [0, 0.05) is 20.9 Å². The lowest BCUT2D eigenvalue weighted by Gasteiger charge is -1.98. The van der Waals surface area contributed by atoms with E-state index in [0.29, 0.717) is 0 Å². The Morgan fingerprint density at radius 2 is 1.09 bits per heavy atom. The maximum absolute atomic E-state index is 4.23. The lowest BCUT2D eigenvalue weighted by atomic mass is 10.1. The van der Waals surface area contributed by atoms with Crippen LogP contribution < -0.4 is 0 Å². The molecule has 0 fully saturated rings. The number of unbranched alkanes of at least 4 members (excludes halogenated alkanes) is 1. The van der Waals surface area contributed by atoms with Gasteiger partial charge < -0.3 is 0 Å². The molecule has 4 rings (SSSR count). The van der Waals surface area contributed by atoms with Gasteiger partial charge >= 0.3 is 0 Å². The van der Waals surface area contributed by atoms with Gasteiger partial charge in [-0.2, -0.15) is 0 Å². The number of nitrogens with zero attached hydrogens (tertiary/aromatic N) is 1. The summed E-state index contributed by atoms with van der Waals surface area (Å²) in [5, 5.41) is 3.37. The van der Waals surface area contributed by atoms with Crippen LogP contribution in [-0.2, 0) is 0 Å². The standard InChI is InChI=1S/C9H12.2C7H10S.C6H9NS.C4H10.C2H6.4CH4.H2/c1-7-4-5-8(2)9(3)6-7;1-5-4-8-7(3)6(5)2;1-5-4-6(2)8-7(5)3;1-4-5(2)8-6(3)7-4;1-3-4-2;1-2;;;;;/h4-6H,1-3H3;2*4H,1-3H3;1-3H3;3-4H2,1-2H3;1-2H3;4*1H4;1H/i;;;;;;;;;;1+1. The van der Waals surface area contributed by atoms with Crippen molar-refractivity contribution in [2.24, 2.45) is 0 Å². The van der Waals surface area contributed by atoms with E-state index in [4.69, 9.17) is 0 Å². The van der Waals surface area contributed by atoms with Crippen LogP contribution in [0.2, 0.25) is 0 Å². The van der Waals surface area contributed by atoms with Crippen LogP contribution in [0.4, 0.5) is 0 Å². The first-order valence-electron chi connectivity index (χ1n) is 14.2. The molecule has 0 saturated carbocycles. The Bertz CT molecular complexity index is 1080. The summed E-state index contributed by atoms with van der Waals surface area (Å²) in [5.41, 5.74) is 9.58. The summed E-state index contributed by atoms with van der Waals surface area (Å²) in [5.74, 6) is 0. The number of rotatable bonds is 1. The zero-order chi connectivity index (χ0) is 30.7. The van der Waals surface area contributed by atoms with Crippen molar-refractivity contribution in [3.63, 3.8) is 0 Å². The van der Waals surface area contributed by atoms with E-state index in [9.17, 15) is 0 Å². The highest BCUT2D eigenvalue weighted by molar-refractivity contribution is 7.12. The van der Waals surface area contributed by atoms with E-state index in [-0.39, 0.29) is 31.1 Å². The second-order valence-corrected chi connectivity index (χ2v) is 13.6. The summed E-state index contributed by atoms with van der Waals surface area (Å²) in [6.07, 6.45) is 2.64. The van der Waals surface area contributed by atoms with Crippen molar-refractivity contribution in [2.75, 3.05) is 0 Å². The summed E-state index contributed by atoms with van der Waals surface area (Å²) < 4.78 is 0. The van der Waals surface area contributed by atoms with E-state index < -0.39 is 0 Å². The van der Waals surface area contributed by atoms with E-state index in [2.05, 4.69) is 118 Å². The minimum absolute atomic E-state index is 0. The molecule has 0 N–H and O–H groups in total. The average Bonchev–Trinajstić information content (AvgIpc) is 3.48. The van der Waals surface area contributed by atoms with Crippen molar-refractivity contribution in [3.8, 4) is 0 Å². The highest BCUT2D eigenvalue weighted by atomic mass is 32.1. The molecular formula is C39H75NS3. The number of aryl methyl sites for hydroxylation is 11. The molecule has 43 heavy (non-hydrogen) atoms. The lowest BCUT2D eigenvalue weighted by molar-refractivity contribution is 0.886. The summed E-state index contributed by atoms with van der Waals surface area (Å²) in [6, 6.07) is 8.72. The van der Waals surface area contributed by atoms with Crippen molar-refractivity contribution < 1.29 is 1.43 Å². The third-order valence-corrected chi connectivity index (χ3v) is 9.31. The van der Waals surface area contributed by atoms with E-state index >= 15 is 0 Å². The molecule has 254 valence electrons. The normalized spacial score (nSPS) is 8.37. The molecule has 0 radical (unpaired) electrons. The Kier molecular flexibility index (Phi) is 37.9. The first-order chi connectivity index (χ1) is 18.2. The second kappa shape index (κ2) is 30.3. The average molecular weight is 655 g/mol. The minimum Gasteiger partial charge on any atom is -0.247 e. The predicted octanol–water partition coefficient (Wildman–Crippen LogP) is 15.6. The van der Waals surface area contributed by atoms with Gasteiger partial charge in [0.1, 0.15) is 0 Å². The molecule has 0 aliphatic carbocycles. The van der Waals surface area contributed by atoms with Crippen molar-refractivity contribution in [1.82, 2.24) is 4.98 Å². The summed E-state index contributed by atoms with van der Waals surface area (Å²) in [6.45, 7) is 33.9. The van der Waals surface area contributed by atoms with Crippen molar-refractivity contribution >= 4 is 34.0 Å². The summed E-state index contributed by atoms with van der Waals surface area (Å²) in [7, 11) is 0. The van der Waals surface area contributed by atoms with Gasteiger partial charge in [0.05, 0.1) is 10.7 Å². The zero-order valence-electron chi connectivity index (χ0n) is 28.0. The summed E-state index contributed by atoms with van der Waals surface area (Å²) >= 11 is 5.46. The van der Waals surface area contributed by atoms with Gasteiger partial charge in [-0.05, 0) is 122 Å². The van der Waals surface area contributed by atoms with Crippen LogP contribution in [-0.4, -0.2) is 4.98 Å². The van der Waals surface area contributed by atoms with Crippen molar-refractivity contribution in [2.45, 2.75) is 153 Å². The molecule has 4 aromatic rings. The fourth-order valence-electron chi connectivity index (χ4n) is 2.91. The number of hydrogen-bond acceptors (Lipinski definition) is 4. The minimum atomic E-state index is 0. The number of hydrogen-bond donors (Lipinski definition) is 0. The number of benzene rings is 1. The Morgan fingerprint density at radius 3 is 1.26 bits per heavy atom. The number of thiophene rings is 2. The van der Waals surface area contributed by atoms with Gasteiger partial charge in [-0.25, -0.2) is 4.98 Å². The zero-order valence-corrected chi connectivity index (χ0v) is 30.4. The molecular weight excluding hydrogens is 579 g/mol. The van der Waals surface area contributed by atoms with E-state index in [1.807, 2.05) is 50.4 Å². The molecule has 0 saturated heterocycles. The smallest absolute Gasteiger partial charge is 0.0899 e. The molecule has 0 unspecified atom stereocenters. The highest BCUT2D eigenvalue weighted by Gasteiger charge is 1.96. The largest absolute Gasteiger partial charge is 0.247 e. The third-order valence-electron chi connectivity index (χ3n) is 6.12. The van der Waals surface area contributed by atoms with E-state index in [1.165, 1.54) is 76.4 Å². The van der Waals surface area contributed by atoms with Crippen LogP contribution in [0.3, 0.4) is 0 Å². The Labute approximate surface area is 285 Å². The molecule has 1 aromatic carbocycles. The first-order valence-corrected chi connectivity index (χ1v) is 16.7. The topological polar surface area (TPSA) is 12.9 Å². The summed E-state index contributed by atoms with van der Waals surface area (Å²) in [4.78, 5) is 9.88. The van der Waals surface area contributed by atoms with Crippen molar-refractivity contribution in [1.29, 1.82) is 0 Å². The lowest BCUT2D eigenvalue weighted by Crippen LogP contribution is -1.79. The van der Waals surface area contributed by atoms with Crippen LogP contribution in [0, 0.1) is 83.1 Å². The second-order valence-electron chi connectivity index (χ2n) is 9.66. The van der Waals surface area contributed by atoms with Crippen LogP contribution in [0.5, 0.6) is 0 Å². The van der Waals surface area contributed by atoms with Crippen LogP contribution in [0.15, 0.2) is 29.6 Å². The van der Waals surface area contributed by atoms with Gasteiger partial charge in [-0.3, -0.25) is 0 Å². The quantitative estimate of drug-likeness (QED) is 0.199. The predicted molar refractivity (Wildman–Crippen MR) is 215 cm³/mol. The molecule has 3 heterocycles. The molecule has 0 amide bonds. The maximum atomic E-state index is 4.23. The molecule has 0 atom stereocenters. The number of thiazole rings is 1. The fraction of sp³-hybridized carbons (Fsp3) is 0.564. The molecule has 0 bridgehead atoms. The Hall–Kier alpha value is -1.75. The Balaban J connectivity index is -0.0000000757. The fourth-order valence-corrected chi connectivity index (χ4v) is 5.54. The molecule has 0 aliphatic rings. The van der Waals surface area contributed by atoms with Crippen LogP contribution in [0.25, 0.3) is 0 Å². The van der Waals surface area contributed by atoms with Gasteiger partial charge in [-0.15, -0.1) is 34.0 Å². The molecule has 4 heteroatoms. The van der Waals surface area contributed by atoms with E-state index in [0.717, 1.165) is 0 Å². The third kappa shape index (κ3) is 24.3. The highest BCUT2D eigenvalue weighted by Crippen LogP contribution is 2.19.